The summed E-state index contributed by atoms with van der Waals surface area (Å²) in [6.45, 7) is 6.15. The molecule has 2 aromatic rings. The summed E-state index contributed by atoms with van der Waals surface area (Å²) < 4.78 is 0. The molecule has 1 fully saturated rings. The van der Waals surface area contributed by atoms with Crippen LogP contribution in [0.5, 0.6) is 0 Å². The number of benzene rings is 1. The van der Waals surface area contributed by atoms with E-state index < -0.39 is 0 Å². The van der Waals surface area contributed by atoms with Crippen LogP contribution in [0.4, 0.5) is 17.2 Å². The molecular formula is C16H20N4. The number of nitrogen functional groups attached to an aromatic ring is 1. The summed E-state index contributed by atoms with van der Waals surface area (Å²) in [7, 11) is 0. The lowest BCUT2D eigenvalue weighted by atomic mass is 10.2. The Morgan fingerprint density at radius 1 is 0.950 bits per heavy atom. The van der Waals surface area contributed by atoms with Crippen molar-refractivity contribution in [1.82, 2.24) is 4.98 Å². The van der Waals surface area contributed by atoms with Gasteiger partial charge in [-0.25, -0.2) is 4.98 Å². The molecule has 1 aromatic carbocycles. The van der Waals surface area contributed by atoms with Gasteiger partial charge in [0.05, 0.1) is 0 Å². The van der Waals surface area contributed by atoms with E-state index in [0.717, 1.165) is 37.7 Å². The molecule has 0 aliphatic carbocycles. The average molecular weight is 268 g/mol. The summed E-state index contributed by atoms with van der Waals surface area (Å²) in [5.41, 5.74) is 9.04. The van der Waals surface area contributed by atoms with E-state index in [0.29, 0.717) is 0 Å². The van der Waals surface area contributed by atoms with Crippen LogP contribution in [-0.2, 0) is 0 Å². The molecule has 1 aromatic heterocycles. The van der Waals surface area contributed by atoms with E-state index in [-0.39, 0.29) is 0 Å². The molecule has 3 rings (SSSR count). The summed E-state index contributed by atoms with van der Waals surface area (Å²) >= 11 is 0. The van der Waals surface area contributed by atoms with Gasteiger partial charge in [-0.05, 0) is 42.8 Å². The molecule has 2 heterocycles. The van der Waals surface area contributed by atoms with Crippen molar-refractivity contribution in [2.75, 3.05) is 41.7 Å². The lowest BCUT2D eigenvalue weighted by molar-refractivity contribution is 0.646. The maximum atomic E-state index is 5.74. The number of nitrogens with zero attached hydrogens (tertiary/aromatic N) is 3. The second-order valence-electron chi connectivity index (χ2n) is 5.21. The fourth-order valence-electron chi connectivity index (χ4n) is 2.67. The van der Waals surface area contributed by atoms with Crippen LogP contribution < -0.4 is 15.5 Å². The summed E-state index contributed by atoms with van der Waals surface area (Å²) in [4.78, 5) is 9.26. The van der Waals surface area contributed by atoms with Gasteiger partial charge in [0.15, 0.2) is 0 Å². The number of hydrogen-bond donors (Lipinski definition) is 1. The van der Waals surface area contributed by atoms with Crippen LogP contribution in [0.2, 0.25) is 0 Å². The molecule has 0 saturated carbocycles. The normalized spacial score (nSPS) is 15.4. The number of aryl methyl sites for hydroxylation is 1. The Labute approximate surface area is 119 Å². The SMILES string of the molecule is Cc1cccnc1N1CCN(c2ccc(N)cc2)CC1. The maximum Gasteiger partial charge on any atom is 0.131 e. The Kier molecular flexibility index (Phi) is 3.46. The monoisotopic (exact) mass is 268 g/mol. The molecule has 0 amide bonds. The Morgan fingerprint density at radius 3 is 2.25 bits per heavy atom. The Balaban J connectivity index is 1.68. The number of hydrogen-bond acceptors (Lipinski definition) is 4. The second-order valence-corrected chi connectivity index (χ2v) is 5.21. The van der Waals surface area contributed by atoms with Gasteiger partial charge in [-0.1, -0.05) is 6.07 Å². The Bertz CT molecular complexity index is 571. The lowest BCUT2D eigenvalue weighted by Gasteiger charge is -2.37. The van der Waals surface area contributed by atoms with E-state index >= 15 is 0 Å². The van der Waals surface area contributed by atoms with Crippen LogP contribution in [0.25, 0.3) is 0 Å². The number of pyridine rings is 1. The van der Waals surface area contributed by atoms with Gasteiger partial charge in [0.1, 0.15) is 5.82 Å². The number of aromatic nitrogens is 1. The average Bonchev–Trinajstić information content (AvgIpc) is 2.49. The molecule has 0 atom stereocenters. The predicted octanol–water partition coefficient (Wildman–Crippen LogP) is 2.30. The van der Waals surface area contributed by atoms with Gasteiger partial charge in [-0.3, -0.25) is 0 Å². The zero-order chi connectivity index (χ0) is 13.9. The van der Waals surface area contributed by atoms with E-state index in [2.05, 4.69) is 39.9 Å². The summed E-state index contributed by atoms with van der Waals surface area (Å²) in [6, 6.07) is 12.2. The topological polar surface area (TPSA) is 45.4 Å². The molecule has 4 heteroatoms. The van der Waals surface area contributed by atoms with Gasteiger partial charge in [-0.15, -0.1) is 0 Å². The molecule has 1 aliphatic heterocycles. The van der Waals surface area contributed by atoms with Crippen molar-refractivity contribution in [3.05, 3.63) is 48.2 Å². The van der Waals surface area contributed by atoms with Gasteiger partial charge in [0, 0.05) is 43.8 Å². The lowest BCUT2D eigenvalue weighted by Crippen LogP contribution is -2.47. The second kappa shape index (κ2) is 5.41. The highest BCUT2D eigenvalue weighted by molar-refractivity contribution is 5.55. The fourth-order valence-corrected chi connectivity index (χ4v) is 2.67. The summed E-state index contributed by atoms with van der Waals surface area (Å²) in [5, 5.41) is 0. The molecular weight excluding hydrogens is 248 g/mol. The molecule has 0 spiro atoms. The third kappa shape index (κ3) is 2.54. The van der Waals surface area contributed by atoms with E-state index in [1.54, 1.807) is 0 Å². The zero-order valence-electron chi connectivity index (χ0n) is 11.8. The van der Waals surface area contributed by atoms with Gasteiger partial charge in [0.25, 0.3) is 0 Å². The molecule has 104 valence electrons. The molecule has 4 nitrogen and oxygen atoms in total. The highest BCUT2D eigenvalue weighted by Crippen LogP contribution is 2.21. The van der Waals surface area contributed by atoms with Crippen molar-refractivity contribution in [2.45, 2.75) is 6.92 Å². The zero-order valence-corrected chi connectivity index (χ0v) is 11.8. The first-order valence-electron chi connectivity index (χ1n) is 7.01. The smallest absolute Gasteiger partial charge is 0.131 e. The molecule has 1 saturated heterocycles. The molecule has 20 heavy (non-hydrogen) atoms. The maximum absolute atomic E-state index is 5.74. The molecule has 0 radical (unpaired) electrons. The minimum absolute atomic E-state index is 0.816. The van der Waals surface area contributed by atoms with E-state index in [9.17, 15) is 0 Å². The summed E-state index contributed by atoms with van der Waals surface area (Å²) in [6.07, 6.45) is 1.87. The third-order valence-corrected chi connectivity index (χ3v) is 3.82. The van der Waals surface area contributed by atoms with Crippen molar-refractivity contribution in [1.29, 1.82) is 0 Å². The molecule has 2 N–H and O–H groups in total. The highest BCUT2D eigenvalue weighted by Gasteiger charge is 2.19. The Hall–Kier alpha value is -2.23. The number of nitrogens with two attached hydrogens (primary N) is 1. The van der Waals surface area contributed by atoms with Gasteiger partial charge < -0.3 is 15.5 Å². The number of anilines is 3. The van der Waals surface area contributed by atoms with Crippen LogP contribution in [0.3, 0.4) is 0 Å². The van der Waals surface area contributed by atoms with Crippen LogP contribution in [0, 0.1) is 6.92 Å². The minimum Gasteiger partial charge on any atom is -0.399 e. The van der Waals surface area contributed by atoms with E-state index in [1.807, 2.05) is 24.4 Å². The van der Waals surface area contributed by atoms with Crippen molar-refractivity contribution < 1.29 is 0 Å². The van der Waals surface area contributed by atoms with Gasteiger partial charge in [-0.2, -0.15) is 0 Å². The van der Waals surface area contributed by atoms with E-state index in [4.69, 9.17) is 5.73 Å². The van der Waals surface area contributed by atoms with Gasteiger partial charge in [0.2, 0.25) is 0 Å². The Morgan fingerprint density at radius 2 is 1.60 bits per heavy atom. The molecule has 0 unspecified atom stereocenters. The van der Waals surface area contributed by atoms with Crippen LogP contribution >= 0.6 is 0 Å². The first kappa shape index (κ1) is 12.8. The van der Waals surface area contributed by atoms with Crippen molar-refractivity contribution in [3.63, 3.8) is 0 Å². The number of rotatable bonds is 2. The predicted molar refractivity (Wildman–Crippen MR) is 84.3 cm³/mol. The van der Waals surface area contributed by atoms with E-state index in [1.165, 1.54) is 11.3 Å². The van der Waals surface area contributed by atoms with Crippen LogP contribution in [0.1, 0.15) is 5.56 Å². The van der Waals surface area contributed by atoms with Crippen LogP contribution in [0.15, 0.2) is 42.6 Å². The standard InChI is InChI=1S/C16H20N4/c1-13-3-2-8-18-16(13)20-11-9-19(10-12-20)15-6-4-14(17)5-7-15/h2-8H,9-12,17H2,1H3. The highest BCUT2D eigenvalue weighted by atomic mass is 15.3. The number of piperazine rings is 1. The van der Waals surface area contributed by atoms with Crippen molar-refractivity contribution in [3.8, 4) is 0 Å². The first-order chi connectivity index (χ1) is 9.74. The third-order valence-electron chi connectivity index (χ3n) is 3.82. The van der Waals surface area contributed by atoms with Crippen molar-refractivity contribution >= 4 is 17.2 Å². The van der Waals surface area contributed by atoms with Crippen molar-refractivity contribution in [2.24, 2.45) is 0 Å². The first-order valence-corrected chi connectivity index (χ1v) is 7.01. The quantitative estimate of drug-likeness (QED) is 0.849. The molecule has 0 bridgehead atoms. The summed E-state index contributed by atoms with van der Waals surface area (Å²) in [5.74, 6) is 1.12. The van der Waals surface area contributed by atoms with Crippen LogP contribution in [-0.4, -0.2) is 31.2 Å². The molecule has 1 aliphatic rings. The fraction of sp³-hybridized carbons (Fsp3) is 0.312. The van der Waals surface area contributed by atoms with Gasteiger partial charge >= 0.3 is 0 Å². The largest absolute Gasteiger partial charge is 0.399 e. The minimum atomic E-state index is 0.816.